The first-order valence-corrected chi connectivity index (χ1v) is 9.30. The van der Waals surface area contributed by atoms with Crippen molar-refractivity contribution in [2.75, 3.05) is 11.9 Å². The van der Waals surface area contributed by atoms with Crippen LogP contribution in [-0.2, 0) is 6.42 Å². The minimum absolute atomic E-state index is 0.0971. The molecule has 3 aromatic rings. The number of benzene rings is 2. The van der Waals surface area contributed by atoms with E-state index >= 15 is 0 Å². The molecule has 1 aromatic heterocycles. The average Bonchev–Trinajstić information content (AvgIpc) is 2.69. The monoisotopic (exact) mass is 379 g/mol. The minimum Gasteiger partial charge on any atom is -0.364 e. The van der Waals surface area contributed by atoms with Crippen LogP contribution < -0.4 is 10.6 Å². The Hall–Kier alpha value is -2.85. The maximum absolute atomic E-state index is 12.4. The highest BCUT2D eigenvalue weighted by molar-refractivity contribution is 6.30. The molecule has 0 saturated heterocycles. The summed E-state index contributed by atoms with van der Waals surface area (Å²) in [5.74, 6) is 0.559. The van der Waals surface area contributed by atoms with Crippen molar-refractivity contribution in [3.8, 4) is 0 Å². The van der Waals surface area contributed by atoms with Crippen LogP contribution in [0.15, 0.2) is 72.9 Å². The predicted molar refractivity (Wildman–Crippen MR) is 110 cm³/mol. The lowest BCUT2D eigenvalue weighted by molar-refractivity contribution is 0.0954. The number of amides is 1. The smallest absolute Gasteiger partial charge is 0.251 e. The van der Waals surface area contributed by atoms with E-state index in [1.807, 2.05) is 42.5 Å². The molecule has 0 aliphatic rings. The normalized spacial score (nSPS) is 11.6. The van der Waals surface area contributed by atoms with Gasteiger partial charge in [0.1, 0.15) is 5.82 Å². The zero-order valence-corrected chi connectivity index (χ0v) is 15.9. The first-order valence-electron chi connectivity index (χ1n) is 8.92. The van der Waals surface area contributed by atoms with Gasteiger partial charge in [0.2, 0.25) is 0 Å². The fourth-order valence-electron chi connectivity index (χ4n) is 2.81. The van der Waals surface area contributed by atoms with Gasteiger partial charge in [-0.15, -0.1) is 0 Å². The van der Waals surface area contributed by atoms with Gasteiger partial charge in [0, 0.05) is 29.4 Å². The molecule has 138 valence electrons. The lowest BCUT2D eigenvalue weighted by Crippen LogP contribution is -2.25. The van der Waals surface area contributed by atoms with Crippen LogP contribution in [0.1, 0.15) is 34.5 Å². The van der Waals surface area contributed by atoms with Crippen LogP contribution in [0.4, 0.5) is 5.82 Å². The largest absolute Gasteiger partial charge is 0.364 e. The lowest BCUT2D eigenvalue weighted by atomic mass is 10.1. The maximum atomic E-state index is 12.4. The van der Waals surface area contributed by atoms with E-state index in [0.717, 1.165) is 17.5 Å². The summed E-state index contributed by atoms with van der Waals surface area (Å²) in [7, 11) is 0. The van der Waals surface area contributed by atoms with Crippen molar-refractivity contribution in [3.63, 3.8) is 0 Å². The standard InChI is InChI=1S/C22H22ClN3O/c1-16(18-7-3-2-4-8-18)26-21-15-19(11-13-24-21)22(27)25-12-10-17-6-5-9-20(23)14-17/h2-9,11,13-16H,10,12H2,1H3,(H,24,26)(H,25,27). The van der Waals surface area contributed by atoms with Crippen molar-refractivity contribution in [2.24, 2.45) is 0 Å². The molecule has 0 aliphatic carbocycles. The summed E-state index contributed by atoms with van der Waals surface area (Å²) in [5.41, 5.74) is 2.84. The molecule has 3 rings (SSSR count). The van der Waals surface area contributed by atoms with Gasteiger partial charge in [0.15, 0.2) is 0 Å². The van der Waals surface area contributed by atoms with Gasteiger partial charge in [-0.2, -0.15) is 0 Å². The molecule has 27 heavy (non-hydrogen) atoms. The Balaban J connectivity index is 1.57. The SMILES string of the molecule is CC(Nc1cc(C(=O)NCCc2cccc(Cl)c2)ccn1)c1ccccc1. The van der Waals surface area contributed by atoms with Crippen LogP contribution in [0.2, 0.25) is 5.02 Å². The third-order valence-electron chi connectivity index (χ3n) is 4.27. The fourth-order valence-corrected chi connectivity index (χ4v) is 3.03. The molecule has 0 bridgehead atoms. The van der Waals surface area contributed by atoms with Crippen molar-refractivity contribution >= 4 is 23.3 Å². The van der Waals surface area contributed by atoms with Gasteiger partial charge in [0.05, 0.1) is 0 Å². The van der Waals surface area contributed by atoms with Crippen molar-refractivity contribution in [1.82, 2.24) is 10.3 Å². The Morgan fingerprint density at radius 2 is 1.89 bits per heavy atom. The molecular formula is C22H22ClN3O. The Morgan fingerprint density at radius 3 is 2.67 bits per heavy atom. The highest BCUT2D eigenvalue weighted by Gasteiger charge is 2.09. The number of aromatic nitrogens is 1. The number of nitrogens with one attached hydrogen (secondary N) is 2. The summed E-state index contributed by atoms with van der Waals surface area (Å²) in [5, 5.41) is 6.98. The summed E-state index contributed by atoms with van der Waals surface area (Å²) in [6, 6.07) is 21.4. The first-order chi connectivity index (χ1) is 13.1. The second-order valence-electron chi connectivity index (χ2n) is 6.34. The van der Waals surface area contributed by atoms with Crippen molar-refractivity contribution in [1.29, 1.82) is 0 Å². The zero-order valence-electron chi connectivity index (χ0n) is 15.2. The number of rotatable bonds is 7. The van der Waals surface area contributed by atoms with Crippen LogP contribution in [0.5, 0.6) is 0 Å². The van der Waals surface area contributed by atoms with Gasteiger partial charge >= 0.3 is 0 Å². The number of halogens is 1. The molecule has 0 spiro atoms. The quantitative estimate of drug-likeness (QED) is 0.615. The number of hydrogen-bond acceptors (Lipinski definition) is 3. The molecule has 1 amide bonds. The summed E-state index contributed by atoms with van der Waals surface area (Å²) < 4.78 is 0. The fraction of sp³-hybridized carbons (Fsp3) is 0.182. The summed E-state index contributed by atoms with van der Waals surface area (Å²) in [6.45, 7) is 2.61. The first kappa shape index (κ1) is 18.9. The van der Waals surface area contributed by atoms with Gasteiger partial charge in [0.25, 0.3) is 5.91 Å². The molecule has 1 unspecified atom stereocenters. The number of hydrogen-bond donors (Lipinski definition) is 2. The van der Waals surface area contributed by atoms with E-state index in [0.29, 0.717) is 22.9 Å². The molecular weight excluding hydrogens is 358 g/mol. The second-order valence-corrected chi connectivity index (χ2v) is 6.78. The summed E-state index contributed by atoms with van der Waals surface area (Å²) in [4.78, 5) is 16.7. The Bertz CT molecular complexity index is 899. The van der Waals surface area contributed by atoms with Gasteiger partial charge in [-0.1, -0.05) is 54.1 Å². The zero-order chi connectivity index (χ0) is 19.1. The number of nitrogens with zero attached hydrogens (tertiary/aromatic N) is 1. The third kappa shape index (κ3) is 5.56. The van der Waals surface area contributed by atoms with E-state index in [4.69, 9.17) is 11.6 Å². The molecule has 1 heterocycles. The Kier molecular flexibility index (Phi) is 6.44. The second kappa shape index (κ2) is 9.19. The van der Waals surface area contributed by atoms with Gasteiger partial charge < -0.3 is 10.6 Å². The molecule has 0 fully saturated rings. The van der Waals surface area contributed by atoms with E-state index < -0.39 is 0 Å². The summed E-state index contributed by atoms with van der Waals surface area (Å²) in [6.07, 6.45) is 2.37. The lowest BCUT2D eigenvalue weighted by Gasteiger charge is -2.15. The van der Waals surface area contributed by atoms with Gasteiger partial charge in [-0.05, 0) is 48.7 Å². The molecule has 0 saturated carbocycles. The van der Waals surface area contributed by atoms with Crippen LogP contribution in [-0.4, -0.2) is 17.4 Å². The summed E-state index contributed by atoms with van der Waals surface area (Å²) >= 11 is 5.98. The van der Waals surface area contributed by atoms with Crippen LogP contribution in [0.3, 0.4) is 0 Å². The Morgan fingerprint density at radius 1 is 1.07 bits per heavy atom. The number of anilines is 1. The molecule has 4 nitrogen and oxygen atoms in total. The molecule has 2 N–H and O–H groups in total. The maximum Gasteiger partial charge on any atom is 0.251 e. The number of carbonyl (C=O) groups is 1. The van der Waals surface area contributed by atoms with E-state index in [9.17, 15) is 4.79 Å². The van der Waals surface area contributed by atoms with Crippen molar-refractivity contribution < 1.29 is 4.79 Å². The predicted octanol–water partition coefficient (Wildman–Crippen LogP) is 4.88. The van der Waals surface area contributed by atoms with E-state index in [2.05, 4.69) is 34.7 Å². The van der Waals surface area contributed by atoms with Gasteiger partial charge in [-0.3, -0.25) is 4.79 Å². The third-order valence-corrected chi connectivity index (χ3v) is 4.51. The van der Waals surface area contributed by atoms with Crippen LogP contribution in [0.25, 0.3) is 0 Å². The van der Waals surface area contributed by atoms with Crippen LogP contribution in [0, 0.1) is 0 Å². The average molecular weight is 380 g/mol. The highest BCUT2D eigenvalue weighted by Crippen LogP contribution is 2.18. The number of pyridine rings is 1. The van der Waals surface area contributed by atoms with E-state index in [-0.39, 0.29) is 11.9 Å². The molecule has 5 heteroatoms. The number of carbonyl (C=O) groups excluding carboxylic acids is 1. The van der Waals surface area contributed by atoms with Crippen molar-refractivity contribution in [3.05, 3.63) is 94.6 Å². The molecule has 2 aromatic carbocycles. The minimum atomic E-state index is -0.116. The molecule has 0 radical (unpaired) electrons. The molecule has 0 aliphatic heterocycles. The highest BCUT2D eigenvalue weighted by atomic mass is 35.5. The topological polar surface area (TPSA) is 54.0 Å². The van der Waals surface area contributed by atoms with Crippen molar-refractivity contribution in [2.45, 2.75) is 19.4 Å². The van der Waals surface area contributed by atoms with E-state index in [1.165, 1.54) is 0 Å². The Labute approximate surface area is 164 Å². The molecule has 1 atom stereocenters. The van der Waals surface area contributed by atoms with Gasteiger partial charge in [-0.25, -0.2) is 4.98 Å². The van der Waals surface area contributed by atoms with E-state index in [1.54, 1.807) is 18.3 Å². The van der Waals surface area contributed by atoms with Crippen LogP contribution >= 0.6 is 11.6 Å².